The van der Waals surface area contributed by atoms with Crippen LogP contribution in [0.5, 0.6) is 0 Å². The van der Waals surface area contributed by atoms with Crippen LogP contribution in [-0.2, 0) is 4.74 Å². The number of nitrogens with one attached hydrogen (secondary N) is 1. The first-order valence-corrected chi connectivity index (χ1v) is 8.00. The van der Waals surface area contributed by atoms with Gasteiger partial charge in [-0.05, 0) is 39.8 Å². The van der Waals surface area contributed by atoms with Gasteiger partial charge in [-0.3, -0.25) is 4.90 Å². The minimum Gasteiger partial charge on any atom is -0.394 e. The molecule has 0 bridgehead atoms. The van der Waals surface area contributed by atoms with Gasteiger partial charge in [0.25, 0.3) is 0 Å². The third-order valence-corrected chi connectivity index (χ3v) is 3.85. The number of rotatable bonds is 12. The largest absolute Gasteiger partial charge is 0.394 e. The van der Waals surface area contributed by atoms with Crippen molar-refractivity contribution in [1.82, 2.24) is 10.2 Å². The van der Waals surface area contributed by atoms with E-state index in [1.54, 1.807) is 7.11 Å². The maximum absolute atomic E-state index is 9.56. The number of unbranched alkanes of at least 4 members (excludes halogenated alkanes) is 1. The molecule has 0 aromatic heterocycles. The molecule has 0 radical (unpaired) electrons. The highest BCUT2D eigenvalue weighted by Crippen LogP contribution is 2.15. The van der Waals surface area contributed by atoms with E-state index in [2.05, 4.69) is 44.8 Å². The Bertz CT molecular complexity index is 237. The Balaban J connectivity index is 4.03. The van der Waals surface area contributed by atoms with Crippen molar-refractivity contribution in [2.75, 3.05) is 33.4 Å². The molecule has 0 amide bonds. The summed E-state index contributed by atoms with van der Waals surface area (Å²) in [6.45, 7) is 13.9. The summed E-state index contributed by atoms with van der Waals surface area (Å²) in [6, 6.07) is 0.879. The van der Waals surface area contributed by atoms with Crippen LogP contribution >= 0.6 is 0 Å². The van der Waals surface area contributed by atoms with Gasteiger partial charge in [0.15, 0.2) is 0 Å². The van der Waals surface area contributed by atoms with Gasteiger partial charge in [0.05, 0.1) is 13.2 Å². The minimum absolute atomic E-state index is 0.149. The van der Waals surface area contributed by atoms with Crippen LogP contribution < -0.4 is 5.32 Å². The fourth-order valence-electron chi connectivity index (χ4n) is 2.76. The number of methoxy groups -OCH3 is 1. The van der Waals surface area contributed by atoms with E-state index in [1.165, 1.54) is 0 Å². The van der Waals surface area contributed by atoms with Crippen molar-refractivity contribution < 1.29 is 9.84 Å². The van der Waals surface area contributed by atoms with Crippen molar-refractivity contribution in [3.8, 4) is 0 Å². The van der Waals surface area contributed by atoms with Crippen LogP contribution in [0.2, 0.25) is 0 Å². The summed E-state index contributed by atoms with van der Waals surface area (Å²) in [6.07, 6.45) is 3.31. The quantitative estimate of drug-likeness (QED) is 0.541. The average molecular weight is 288 g/mol. The normalized spacial score (nSPS) is 16.6. The van der Waals surface area contributed by atoms with Gasteiger partial charge in [0.1, 0.15) is 0 Å². The lowest BCUT2D eigenvalue weighted by Crippen LogP contribution is -2.49. The second-order valence-electron chi connectivity index (χ2n) is 6.41. The fourth-order valence-corrected chi connectivity index (χ4v) is 2.76. The van der Waals surface area contributed by atoms with Gasteiger partial charge in [-0.1, -0.05) is 27.2 Å². The fraction of sp³-hybridized carbons (Fsp3) is 1.00. The monoisotopic (exact) mass is 288 g/mol. The summed E-state index contributed by atoms with van der Waals surface area (Å²) in [4.78, 5) is 2.45. The zero-order valence-electron chi connectivity index (χ0n) is 14.4. The molecule has 0 aliphatic carbocycles. The molecule has 2 N–H and O–H groups in total. The van der Waals surface area contributed by atoms with Crippen molar-refractivity contribution in [3.63, 3.8) is 0 Å². The molecule has 0 fully saturated rings. The van der Waals surface area contributed by atoms with E-state index in [0.29, 0.717) is 12.1 Å². The Labute approximate surface area is 125 Å². The van der Waals surface area contributed by atoms with Crippen molar-refractivity contribution in [1.29, 1.82) is 0 Å². The van der Waals surface area contributed by atoms with Crippen molar-refractivity contribution in [2.45, 2.75) is 71.5 Å². The lowest BCUT2D eigenvalue weighted by Gasteiger charge is -2.32. The second kappa shape index (κ2) is 10.6. The molecule has 0 saturated heterocycles. The first-order valence-electron chi connectivity index (χ1n) is 8.00. The molecule has 0 aromatic rings. The van der Waals surface area contributed by atoms with E-state index < -0.39 is 0 Å². The molecule has 4 heteroatoms. The van der Waals surface area contributed by atoms with Crippen LogP contribution in [0.3, 0.4) is 0 Å². The number of aliphatic hydroxyl groups is 1. The van der Waals surface area contributed by atoms with Crippen LogP contribution in [0.4, 0.5) is 0 Å². The zero-order valence-corrected chi connectivity index (χ0v) is 14.4. The van der Waals surface area contributed by atoms with Gasteiger partial charge in [0, 0.05) is 24.7 Å². The SMILES string of the molecule is CCN(CCCCC(C)(CO)NC(C)C)C(C)COC. The first-order chi connectivity index (χ1) is 9.38. The number of likely N-dealkylation sites (N-methyl/N-ethyl adjacent to an activating group) is 1. The standard InChI is InChI=1S/C16H36N2O2/c1-7-18(15(4)12-20-6)11-9-8-10-16(5,13-19)17-14(2)3/h14-15,17,19H,7-13H2,1-6H3. The Morgan fingerprint density at radius 3 is 2.35 bits per heavy atom. The number of ether oxygens (including phenoxy) is 1. The molecule has 2 atom stereocenters. The number of hydrogen-bond donors (Lipinski definition) is 2. The molecule has 0 rings (SSSR count). The summed E-state index contributed by atoms with van der Waals surface area (Å²) >= 11 is 0. The molecule has 0 spiro atoms. The molecule has 0 aliphatic heterocycles. The Hall–Kier alpha value is -0.160. The van der Waals surface area contributed by atoms with Gasteiger partial charge < -0.3 is 15.2 Å². The van der Waals surface area contributed by atoms with E-state index in [9.17, 15) is 5.11 Å². The molecule has 0 aromatic carbocycles. The van der Waals surface area contributed by atoms with E-state index in [-0.39, 0.29) is 12.1 Å². The molecule has 20 heavy (non-hydrogen) atoms. The predicted octanol–water partition coefficient (Wildman–Crippen LogP) is 2.26. The van der Waals surface area contributed by atoms with Crippen LogP contribution in [0.25, 0.3) is 0 Å². The van der Waals surface area contributed by atoms with Crippen molar-refractivity contribution in [3.05, 3.63) is 0 Å². The van der Waals surface area contributed by atoms with Gasteiger partial charge in [-0.2, -0.15) is 0 Å². The maximum Gasteiger partial charge on any atom is 0.0615 e. The van der Waals surface area contributed by atoms with Crippen LogP contribution in [0.15, 0.2) is 0 Å². The number of hydrogen-bond acceptors (Lipinski definition) is 4. The second-order valence-corrected chi connectivity index (χ2v) is 6.41. The van der Waals surface area contributed by atoms with Gasteiger partial charge >= 0.3 is 0 Å². The maximum atomic E-state index is 9.56. The number of aliphatic hydroxyl groups excluding tert-OH is 1. The molecule has 2 unspecified atom stereocenters. The molecular weight excluding hydrogens is 252 g/mol. The van der Waals surface area contributed by atoms with Gasteiger partial charge in [-0.15, -0.1) is 0 Å². The molecule has 0 heterocycles. The highest BCUT2D eigenvalue weighted by Gasteiger charge is 2.23. The van der Waals surface area contributed by atoms with Crippen molar-refractivity contribution >= 4 is 0 Å². The Morgan fingerprint density at radius 1 is 1.25 bits per heavy atom. The molecule has 122 valence electrons. The van der Waals surface area contributed by atoms with Gasteiger partial charge in [-0.25, -0.2) is 0 Å². The highest BCUT2D eigenvalue weighted by atomic mass is 16.5. The summed E-state index contributed by atoms with van der Waals surface area (Å²) in [5.41, 5.74) is -0.149. The molecule has 4 nitrogen and oxygen atoms in total. The van der Waals surface area contributed by atoms with Crippen LogP contribution in [0.1, 0.15) is 53.9 Å². The van der Waals surface area contributed by atoms with Crippen molar-refractivity contribution in [2.24, 2.45) is 0 Å². The summed E-state index contributed by atoms with van der Waals surface area (Å²) in [7, 11) is 1.76. The Morgan fingerprint density at radius 2 is 1.90 bits per heavy atom. The third-order valence-electron chi connectivity index (χ3n) is 3.85. The lowest BCUT2D eigenvalue weighted by molar-refractivity contribution is 0.0995. The first kappa shape index (κ1) is 19.8. The molecule has 0 saturated carbocycles. The van der Waals surface area contributed by atoms with Crippen LogP contribution in [0, 0.1) is 0 Å². The van der Waals surface area contributed by atoms with Crippen LogP contribution in [-0.4, -0.2) is 61.0 Å². The summed E-state index contributed by atoms with van der Waals surface area (Å²) in [5.74, 6) is 0. The minimum atomic E-state index is -0.149. The van der Waals surface area contributed by atoms with Gasteiger partial charge in [0.2, 0.25) is 0 Å². The summed E-state index contributed by atoms with van der Waals surface area (Å²) < 4.78 is 5.22. The predicted molar refractivity (Wildman–Crippen MR) is 86.2 cm³/mol. The zero-order chi connectivity index (χ0) is 15.6. The Kier molecular flexibility index (Phi) is 10.5. The van der Waals surface area contributed by atoms with E-state index in [0.717, 1.165) is 39.0 Å². The van der Waals surface area contributed by atoms with E-state index in [1.807, 2.05) is 0 Å². The topological polar surface area (TPSA) is 44.7 Å². The molecular formula is C16H36N2O2. The smallest absolute Gasteiger partial charge is 0.0615 e. The highest BCUT2D eigenvalue weighted by molar-refractivity contribution is 4.83. The average Bonchev–Trinajstić information content (AvgIpc) is 2.38. The molecule has 0 aliphatic rings. The number of nitrogens with zero attached hydrogens (tertiary/aromatic N) is 1. The lowest BCUT2D eigenvalue weighted by atomic mass is 9.94. The third kappa shape index (κ3) is 8.20. The van der Waals surface area contributed by atoms with E-state index >= 15 is 0 Å². The van der Waals surface area contributed by atoms with E-state index in [4.69, 9.17) is 4.74 Å². The summed E-state index contributed by atoms with van der Waals surface area (Å²) in [5, 5.41) is 13.0.